The monoisotopic (exact) mass is 260 g/mol. The van der Waals surface area contributed by atoms with Crippen molar-refractivity contribution in [3.05, 3.63) is 35.9 Å². The summed E-state index contributed by atoms with van der Waals surface area (Å²) in [5.74, 6) is -2.98. The van der Waals surface area contributed by atoms with Gasteiger partial charge in [-0.3, -0.25) is 5.41 Å². The number of nitrogens with one attached hydrogen (secondary N) is 1. The van der Waals surface area contributed by atoms with Crippen LogP contribution in [0.2, 0.25) is 0 Å². The van der Waals surface area contributed by atoms with Crippen molar-refractivity contribution in [2.75, 3.05) is 6.61 Å². The molecule has 0 aliphatic heterocycles. The average molecular weight is 260 g/mol. The number of rotatable bonds is 5. The number of benzene rings is 1. The molecule has 1 aromatic carbocycles. The Balaban J connectivity index is 2.61. The molecule has 0 aliphatic carbocycles. The van der Waals surface area contributed by atoms with Crippen molar-refractivity contribution in [3.63, 3.8) is 0 Å². The van der Waals surface area contributed by atoms with Crippen LogP contribution >= 0.6 is 0 Å². The third-order valence-electron chi connectivity index (χ3n) is 2.55. The first-order valence-corrected chi connectivity index (χ1v) is 5.39. The van der Waals surface area contributed by atoms with Crippen LogP contribution in [-0.4, -0.2) is 18.6 Å². The summed E-state index contributed by atoms with van der Waals surface area (Å²) in [6.45, 7) is 1.01. The van der Waals surface area contributed by atoms with Gasteiger partial charge in [-0.2, -0.15) is 13.2 Å². The SMILES string of the molecule is CC(OCC(C(=N)N)C(F)(F)F)c1ccccc1. The second-order valence-corrected chi connectivity index (χ2v) is 3.94. The zero-order valence-corrected chi connectivity index (χ0v) is 9.87. The minimum absolute atomic E-state index is 0.476. The summed E-state index contributed by atoms with van der Waals surface area (Å²) in [5, 5.41) is 6.93. The molecule has 0 aromatic heterocycles. The summed E-state index contributed by atoms with van der Waals surface area (Å²) >= 11 is 0. The normalized spacial score (nSPS) is 15.1. The summed E-state index contributed by atoms with van der Waals surface area (Å²) in [7, 11) is 0. The molecule has 0 aliphatic rings. The van der Waals surface area contributed by atoms with Crippen LogP contribution in [0.25, 0.3) is 0 Å². The van der Waals surface area contributed by atoms with Gasteiger partial charge in [-0.15, -0.1) is 0 Å². The smallest absolute Gasteiger partial charge is 0.387 e. The Bertz CT molecular complexity index is 392. The lowest BCUT2D eigenvalue weighted by Gasteiger charge is -2.21. The lowest BCUT2D eigenvalue weighted by Crippen LogP contribution is -2.38. The molecule has 100 valence electrons. The van der Waals surface area contributed by atoms with Gasteiger partial charge >= 0.3 is 6.18 Å². The summed E-state index contributed by atoms with van der Waals surface area (Å²) in [6, 6.07) is 8.90. The Morgan fingerprint density at radius 2 is 1.89 bits per heavy atom. The van der Waals surface area contributed by atoms with E-state index in [0.29, 0.717) is 0 Å². The highest BCUT2D eigenvalue weighted by Crippen LogP contribution is 2.28. The van der Waals surface area contributed by atoms with E-state index in [2.05, 4.69) is 0 Å². The highest BCUT2D eigenvalue weighted by Gasteiger charge is 2.42. The molecule has 1 aromatic rings. The molecule has 3 nitrogen and oxygen atoms in total. The van der Waals surface area contributed by atoms with E-state index in [0.717, 1.165) is 5.56 Å². The molecule has 1 rings (SSSR count). The number of amidine groups is 1. The highest BCUT2D eigenvalue weighted by molar-refractivity contribution is 5.80. The zero-order chi connectivity index (χ0) is 13.8. The Labute approximate surface area is 103 Å². The van der Waals surface area contributed by atoms with Gasteiger partial charge in [0, 0.05) is 0 Å². The molecule has 0 saturated carbocycles. The Morgan fingerprint density at radius 3 is 2.33 bits per heavy atom. The molecular formula is C12H15F3N2O. The van der Waals surface area contributed by atoms with E-state index in [1.165, 1.54) is 0 Å². The van der Waals surface area contributed by atoms with Gasteiger partial charge in [0.2, 0.25) is 0 Å². The molecule has 0 bridgehead atoms. The minimum Gasteiger partial charge on any atom is -0.387 e. The van der Waals surface area contributed by atoms with Crippen molar-refractivity contribution < 1.29 is 17.9 Å². The molecule has 0 amide bonds. The number of halogens is 3. The van der Waals surface area contributed by atoms with Crippen molar-refractivity contribution in [1.29, 1.82) is 5.41 Å². The maximum Gasteiger partial charge on any atom is 0.400 e. The van der Waals surface area contributed by atoms with E-state index in [-0.39, 0.29) is 0 Å². The Morgan fingerprint density at radius 1 is 1.33 bits per heavy atom. The van der Waals surface area contributed by atoms with Crippen LogP contribution in [0.5, 0.6) is 0 Å². The van der Waals surface area contributed by atoms with Gasteiger partial charge in [0.1, 0.15) is 11.8 Å². The quantitative estimate of drug-likeness (QED) is 0.631. The van der Waals surface area contributed by atoms with Crippen LogP contribution in [0.15, 0.2) is 30.3 Å². The fourth-order valence-electron chi connectivity index (χ4n) is 1.42. The number of hydrogen-bond acceptors (Lipinski definition) is 2. The molecule has 0 fully saturated rings. The van der Waals surface area contributed by atoms with Crippen LogP contribution in [-0.2, 0) is 4.74 Å². The molecule has 0 saturated heterocycles. The minimum atomic E-state index is -4.55. The fraction of sp³-hybridized carbons (Fsp3) is 0.417. The van der Waals surface area contributed by atoms with Gasteiger partial charge in [-0.1, -0.05) is 30.3 Å². The van der Waals surface area contributed by atoms with Crippen LogP contribution in [0.4, 0.5) is 13.2 Å². The number of nitrogens with two attached hydrogens (primary N) is 1. The summed E-state index contributed by atoms with van der Waals surface area (Å²) < 4.78 is 42.7. The van der Waals surface area contributed by atoms with Gasteiger partial charge in [-0.25, -0.2) is 0 Å². The third-order valence-corrected chi connectivity index (χ3v) is 2.55. The molecule has 0 radical (unpaired) electrons. The van der Waals surface area contributed by atoms with E-state index >= 15 is 0 Å². The second kappa shape index (κ2) is 5.86. The predicted octanol–water partition coefficient (Wildman–Crippen LogP) is 2.88. The first kappa shape index (κ1) is 14.5. The molecule has 2 atom stereocenters. The standard InChI is InChI=1S/C12H15F3N2O/c1-8(9-5-3-2-4-6-9)18-7-10(11(16)17)12(13,14)15/h2-6,8,10H,7H2,1H3,(H3,16,17). The topological polar surface area (TPSA) is 59.1 Å². The summed E-state index contributed by atoms with van der Waals surface area (Å²) in [4.78, 5) is 0. The molecule has 18 heavy (non-hydrogen) atoms. The van der Waals surface area contributed by atoms with E-state index in [1.807, 2.05) is 6.07 Å². The van der Waals surface area contributed by atoms with E-state index in [1.54, 1.807) is 31.2 Å². The van der Waals surface area contributed by atoms with Crippen molar-refractivity contribution >= 4 is 5.84 Å². The third kappa shape index (κ3) is 4.03. The van der Waals surface area contributed by atoms with Crippen LogP contribution in [0.3, 0.4) is 0 Å². The number of hydrogen-bond donors (Lipinski definition) is 2. The summed E-state index contributed by atoms with van der Waals surface area (Å²) in [6.07, 6.45) is -5.03. The fourth-order valence-corrected chi connectivity index (χ4v) is 1.42. The lowest BCUT2D eigenvalue weighted by molar-refractivity contribution is -0.172. The summed E-state index contributed by atoms with van der Waals surface area (Å²) in [5.41, 5.74) is 5.71. The van der Waals surface area contributed by atoms with Gasteiger partial charge in [-0.05, 0) is 12.5 Å². The number of ether oxygens (including phenoxy) is 1. The molecule has 2 unspecified atom stereocenters. The Hall–Kier alpha value is -1.56. The molecule has 0 spiro atoms. The van der Waals surface area contributed by atoms with Crippen LogP contribution in [0.1, 0.15) is 18.6 Å². The highest BCUT2D eigenvalue weighted by atomic mass is 19.4. The molecule has 0 heterocycles. The first-order valence-electron chi connectivity index (χ1n) is 5.39. The van der Waals surface area contributed by atoms with Crippen LogP contribution < -0.4 is 5.73 Å². The molecular weight excluding hydrogens is 245 g/mol. The van der Waals surface area contributed by atoms with E-state index in [9.17, 15) is 13.2 Å². The Kier molecular flexibility index (Phi) is 4.72. The molecule has 6 heteroatoms. The maximum atomic E-state index is 12.5. The van der Waals surface area contributed by atoms with E-state index in [4.69, 9.17) is 15.9 Å². The van der Waals surface area contributed by atoms with Crippen molar-refractivity contribution in [2.24, 2.45) is 11.7 Å². The van der Waals surface area contributed by atoms with Crippen LogP contribution in [0, 0.1) is 11.3 Å². The number of alkyl halides is 3. The van der Waals surface area contributed by atoms with Crippen molar-refractivity contribution in [3.8, 4) is 0 Å². The second-order valence-electron chi connectivity index (χ2n) is 3.94. The van der Waals surface area contributed by atoms with Crippen molar-refractivity contribution in [2.45, 2.75) is 19.2 Å². The largest absolute Gasteiger partial charge is 0.400 e. The first-order chi connectivity index (χ1) is 8.32. The van der Waals surface area contributed by atoms with Gasteiger partial charge in [0.25, 0.3) is 0 Å². The lowest BCUT2D eigenvalue weighted by atomic mass is 10.1. The van der Waals surface area contributed by atoms with Crippen molar-refractivity contribution in [1.82, 2.24) is 0 Å². The van der Waals surface area contributed by atoms with E-state index < -0.39 is 30.6 Å². The van der Waals surface area contributed by atoms with Gasteiger partial charge < -0.3 is 10.5 Å². The maximum absolute atomic E-state index is 12.5. The van der Waals surface area contributed by atoms with Gasteiger partial charge in [0.15, 0.2) is 0 Å². The zero-order valence-electron chi connectivity index (χ0n) is 9.87. The average Bonchev–Trinajstić information content (AvgIpc) is 2.28. The molecule has 3 N–H and O–H groups in total. The van der Waals surface area contributed by atoms with Gasteiger partial charge in [0.05, 0.1) is 12.7 Å². The predicted molar refractivity (Wildman–Crippen MR) is 62.3 cm³/mol.